The van der Waals surface area contributed by atoms with Crippen molar-refractivity contribution in [1.82, 2.24) is 14.8 Å². The first kappa shape index (κ1) is 22.0. The minimum atomic E-state index is -0.407. The molecule has 0 saturated heterocycles. The Hall–Kier alpha value is -2.08. The molecule has 0 fully saturated rings. The van der Waals surface area contributed by atoms with E-state index in [0.717, 1.165) is 31.7 Å². The van der Waals surface area contributed by atoms with Crippen molar-refractivity contribution in [3.8, 4) is 0 Å². The molecule has 0 aliphatic heterocycles. The molecule has 1 N–H and O–H groups in total. The second kappa shape index (κ2) is 10.8. The maximum Gasteiger partial charge on any atom is 0.355 e. The molecule has 0 aliphatic rings. The Morgan fingerprint density at radius 3 is 2.42 bits per heavy atom. The molecule has 0 bridgehead atoms. The van der Waals surface area contributed by atoms with Gasteiger partial charge >= 0.3 is 5.97 Å². The molecule has 1 aromatic rings. The normalized spacial score (nSPS) is 10.8. The van der Waals surface area contributed by atoms with Gasteiger partial charge in [-0.25, -0.2) is 4.79 Å². The Balaban J connectivity index is 2.94. The van der Waals surface area contributed by atoms with Crippen LogP contribution in [0.4, 0.5) is 0 Å². The van der Waals surface area contributed by atoms with Crippen LogP contribution in [0.5, 0.6) is 0 Å². The number of carbonyl (C=O) groups is 2. The number of aromatic nitrogens is 1. The lowest BCUT2D eigenvalue weighted by Crippen LogP contribution is -2.30. The van der Waals surface area contributed by atoms with Crippen molar-refractivity contribution in [2.45, 2.75) is 47.6 Å². The van der Waals surface area contributed by atoms with Gasteiger partial charge in [-0.2, -0.15) is 0 Å². The summed E-state index contributed by atoms with van der Waals surface area (Å²) in [5, 5.41) is 2.98. The molecule has 1 amide bonds. The molecule has 1 rings (SSSR count). The molecule has 0 radical (unpaired) electrons. The van der Waals surface area contributed by atoms with E-state index < -0.39 is 5.97 Å². The van der Waals surface area contributed by atoms with Gasteiger partial charge in [0, 0.05) is 18.8 Å². The van der Waals surface area contributed by atoms with Crippen molar-refractivity contribution in [1.29, 1.82) is 0 Å². The number of allylic oxidation sites excluding steroid dienone is 1. The Morgan fingerprint density at radius 1 is 1.23 bits per heavy atom. The number of carbonyl (C=O) groups excluding carboxylic acids is 2. The predicted octanol–water partition coefficient (Wildman–Crippen LogP) is 2.93. The lowest BCUT2D eigenvalue weighted by molar-refractivity contribution is 0.0513. The molecule has 6 nitrogen and oxygen atoms in total. The second-order valence-electron chi connectivity index (χ2n) is 6.19. The highest BCUT2D eigenvalue weighted by atomic mass is 16.5. The standard InChI is InChI=1S/C20H33N3O3/c1-7-13-23-16(6)17(15(5)18(23)20(25)26-10-4)19(24)21-12-11-14-22(8-2)9-3/h7H,1,8-14H2,2-6H3,(H,21,24). The van der Waals surface area contributed by atoms with E-state index in [-0.39, 0.29) is 5.91 Å². The summed E-state index contributed by atoms with van der Waals surface area (Å²) in [5.41, 5.74) is 2.39. The second-order valence-corrected chi connectivity index (χ2v) is 6.19. The van der Waals surface area contributed by atoms with E-state index in [1.807, 2.05) is 6.92 Å². The number of rotatable bonds is 11. The molecule has 0 saturated carbocycles. The third kappa shape index (κ3) is 5.21. The molecular formula is C20H33N3O3. The lowest BCUT2D eigenvalue weighted by atomic mass is 10.1. The molecule has 6 heteroatoms. The molecule has 0 aliphatic carbocycles. The van der Waals surface area contributed by atoms with Crippen molar-refractivity contribution in [2.24, 2.45) is 0 Å². The van der Waals surface area contributed by atoms with Crippen molar-refractivity contribution in [2.75, 3.05) is 32.8 Å². The molecular weight excluding hydrogens is 330 g/mol. The van der Waals surface area contributed by atoms with Crippen LogP contribution in [-0.4, -0.2) is 54.1 Å². The first-order valence-electron chi connectivity index (χ1n) is 9.40. The van der Waals surface area contributed by atoms with Gasteiger partial charge in [-0.3, -0.25) is 4.79 Å². The molecule has 0 spiro atoms. The van der Waals surface area contributed by atoms with Gasteiger partial charge in [-0.05, 0) is 52.4 Å². The third-order valence-corrected chi connectivity index (χ3v) is 4.61. The van der Waals surface area contributed by atoms with Crippen LogP contribution in [0.3, 0.4) is 0 Å². The van der Waals surface area contributed by atoms with Gasteiger partial charge in [0.05, 0.1) is 12.2 Å². The largest absolute Gasteiger partial charge is 0.461 e. The van der Waals surface area contributed by atoms with Crippen LogP contribution in [0.1, 0.15) is 59.3 Å². The summed E-state index contributed by atoms with van der Waals surface area (Å²) in [6.07, 6.45) is 2.60. The number of ether oxygens (including phenoxy) is 1. The van der Waals surface area contributed by atoms with E-state index in [9.17, 15) is 9.59 Å². The maximum absolute atomic E-state index is 12.7. The fourth-order valence-electron chi connectivity index (χ4n) is 3.18. The first-order chi connectivity index (χ1) is 12.4. The zero-order chi connectivity index (χ0) is 19.7. The van der Waals surface area contributed by atoms with E-state index >= 15 is 0 Å². The highest BCUT2D eigenvalue weighted by Crippen LogP contribution is 2.23. The molecule has 0 unspecified atom stereocenters. The van der Waals surface area contributed by atoms with Crippen LogP contribution in [0.25, 0.3) is 0 Å². The van der Waals surface area contributed by atoms with E-state index in [2.05, 4.69) is 30.6 Å². The SMILES string of the molecule is C=CCn1c(C)c(C(=O)NCCCN(CC)CC)c(C)c1C(=O)OCC. The number of amides is 1. The van der Waals surface area contributed by atoms with Gasteiger partial charge in [0.1, 0.15) is 5.69 Å². The molecule has 1 aromatic heterocycles. The molecule has 26 heavy (non-hydrogen) atoms. The van der Waals surface area contributed by atoms with E-state index in [1.54, 1.807) is 24.5 Å². The monoisotopic (exact) mass is 363 g/mol. The van der Waals surface area contributed by atoms with Crippen LogP contribution in [0.2, 0.25) is 0 Å². The van der Waals surface area contributed by atoms with E-state index in [0.29, 0.717) is 36.5 Å². The van der Waals surface area contributed by atoms with Crippen LogP contribution >= 0.6 is 0 Å². The van der Waals surface area contributed by atoms with Gasteiger partial charge in [-0.15, -0.1) is 6.58 Å². The summed E-state index contributed by atoms with van der Waals surface area (Å²) in [7, 11) is 0. The minimum Gasteiger partial charge on any atom is -0.461 e. The lowest BCUT2D eigenvalue weighted by Gasteiger charge is -2.17. The maximum atomic E-state index is 12.7. The highest BCUT2D eigenvalue weighted by Gasteiger charge is 2.26. The molecule has 146 valence electrons. The summed E-state index contributed by atoms with van der Waals surface area (Å²) >= 11 is 0. The third-order valence-electron chi connectivity index (χ3n) is 4.61. The Bertz CT molecular complexity index is 631. The highest BCUT2D eigenvalue weighted by molar-refractivity contribution is 6.01. The number of hydrogen-bond acceptors (Lipinski definition) is 4. The van der Waals surface area contributed by atoms with Crippen LogP contribution in [-0.2, 0) is 11.3 Å². The van der Waals surface area contributed by atoms with Crippen molar-refractivity contribution < 1.29 is 14.3 Å². The van der Waals surface area contributed by atoms with Crippen molar-refractivity contribution in [3.05, 3.63) is 35.2 Å². The van der Waals surface area contributed by atoms with Gasteiger partial charge < -0.3 is 19.5 Å². The predicted molar refractivity (Wildman–Crippen MR) is 105 cm³/mol. The Labute approximate surface area is 157 Å². The summed E-state index contributed by atoms with van der Waals surface area (Å²) in [5.74, 6) is -0.552. The number of nitrogens with zero attached hydrogens (tertiary/aromatic N) is 2. The Kier molecular flexibility index (Phi) is 9.13. The van der Waals surface area contributed by atoms with E-state index in [4.69, 9.17) is 4.74 Å². The number of hydrogen-bond donors (Lipinski definition) is 1. The summed E-state index contributed by atoms with van der Waals surface area (Å²) in [4.78, 5) is 27.4. The fraction of sp³-hybridized carbons (Fsp3) is 0.600. The Morgan fingerprint density at radius 2 is 1.88 bits per heavy atom. The van der Waals surface area contributed by atoms with E-state index in [1.165, 1.54) is 0 Å². The van der Waals surface area contributed by atoms with Gasteiger partial charge in [0.15, 0.2) is 0 Å². The smallest absolute Gasteiger partial charge is 0.355 e. The summed E-state index contributed by atoms with van der Waals surface area (Å²) in [6.45, 7) is 17.8. The van der Waals surface area contributed by atoms with Gasteiger partial charge in [-0.1, -0.05) is 19.9 Å². The summed E-state index contributed by atoms with van der Waals surface area (Å²) < 4.78 is 6.96. The zero-order valence-electron chi connectivity index (χ0n) is 16.9. The molecule has 1 heterocycles. The first-order valence-corrected chi connectivity index (χ1v) is 9.40. The quantitative estimate of drug-likeness (QED) is 0.373. The minimum absolute atomic E-state index is 0.145. The summed E-state index contributed by atoms with van der Waals surface area (Å²) in [6, 6.07) is 0. The van der Waals surface area contributed by atoms with Gasteiger partial charge in [0.25, 0.3) is 5.91 Å². The number of esters is 1. The average molecular weight is 364 g/mol. The number of nitrogens with one attached hydrogen (secondary N) is 1. The van der Waals surface area contributed by atoms with Crippen LogP contribution in [0.15, 0.2) is 12.7 Å². The van der Waals surface area contributed by atoms with Crippen LogP contribution in [0, 0.1) is 13.8 Å². The van der Waals surface area contributed by atoms with Crippen molar-refractivity contribution >= 4 is 11.9 Å². The fourth-order valence-corrected chi connectivity index (χ4v) is 3.18. The van der Waals surface area contributed by atoms with Gasteiger partial charge in [0.2, 0.25) is 0 Å². The van der Waals surface area contributed by atoms with Crippen molar-refractivity contribution in [3.63, 3.8) is 0 Å². The topological polar surface area (TPSA) is 63.6 Å². The zero-order valence-corrected chi connectivity index (χ0v) is 16.9. The van der Waals surface area contributed by atoms with Crippen LogP contribution < -0.4 is 5.32 Å². The molecule has 0 atom stereocenters. The average Bonchev–Trinajstić information content (AvgIpc) is 2.86. The molecule has 0 aromatic carbocycles.